The number of aryl methyl sites for hydroxylation is 1. The highest BCUT2D eigenvalue weighted by atomic mass is 16.5. The molecule has 1 atom stereocenters. The van der Waals surface area contributed by atoms with Gasteiger partial charge in [0.05, 0.1) is 21.3 Å². The number of benzene rings is 3. The van der Waals surface area contributed by atoms with Crippen molar-refractivity contribution in [3.8, 4) is 11.5 Å². The summed E-state index contributed by atoms with van der Waals surface area (Å²) in [5.41, 5.74) is 3.42. The third-order valence-corrected chi connectivity index (χ3v) is 5.34. The van der Waals surface area contributed by atoms with Crippen molar-refractivity contribution in [1.29, 1.82) is 0 Å². The van der Waals surface area contributed by atoms with E-state index in [0.717, 1.165) is 44.8 Å². The number of hydrogen-bond donors (Lipinski definition) is 1. The molecule has 158 valence electrons. The Hall–Kier alpha value is -3.05. The van der Waals surface area contributed by atoms with Gasteiger partial charge in [-0.15, -0.1) is 0 Å². The number of nitrogens with zero attached hydrogens (tertiary/aromatic N) is 1. The number of rotatable bonds is 8. The smallest absolute Gasteiger partial charge is 0.277 e. The molecule has 0 saturated carbocycles. The van der Waals surface area contributed by atoms with E-state index in [1.54, 1.807) is 19.1 Å². The predicted octanol–water partition coefficient (Wildman–Crippen LogP) is 2.84. The van der Waals surface area contributed by atoms with Crippen molar-refractivity contribution in [2.45, 2.75) is 20.0 Å². The number of methoxy groups -OCH3 is 2. The number of quaternary nitrogens is 1. The maximum Gasteiger partial charge on any atom is 0.277 e. The SMILES string of the molecule is COc1ccc2cc(CN(C)C(=O)C[NH+](C)Cc3cc(C)ccc3OC)ccc2c1. The Morgan fingerprint density at radius 3 is 2.43 bits per heavy atom. The number of carbonyl (C=O) groups is 1. The molecule has 1 amide bonds. The number of fused-ring (bicyclic) bond motifs is 1. The average molecular weight is 408 g/mol. The summed E-state index contributed by atoms with van der Waals surface area (Å²) in [6, 6.07) is 18.5. The van der Waals surface area contributed by atoms with Gasteiger partial charge in [0.25, 0.3) is 5.91 Å². The molecule has 0 bridgehead atoms. The van der Waals surface area contributed by atoms with E-state index in [-0.39, 0.29) is 5.91 Å². The molecule has 0 aromatic heterocycles. The van der Waals surface area contributed by atoms with Crippen LogP contribution in [-0.4, -0.2) is 45.7 Å². The lowest BCUT2D eigenvalue weighted by Crippen LogP contribution is -3.08. The van der Waals surface area contributed by atoms with E-state index < -0.39 is 0 Å². The minimum absolute atomic E-state index is 0.119. The summed E-state index contributed by atoms with van der Waals surface area (Å²) in [5.74, 6) is 1.83. The molecule has 5 heteroatoms. The molecule has 0 aliphatic heterocycles. The Morgan fingerprint density at radius 2 is 1.70 bits per heavy atom. The summed E-state index contributed by atoms with van der Waals surface area (Å²) in [6.07, 6.45) is 0. The number of hydrogen-bond acceptors (Lipinski definition) is 3. The van der Waals surface area contributed by atoms with E-state index in [2.05, 4.69) is 31.2 Å². The van der Waals surface area contributed by atoms with Gasteiger partial charge >= 0.3 is 0 Å². The highest BCUT2D eigenvalue weighted by molar-refractivity contribution is 5.84. The van der Waals surface area contributed by atoms with Crippen LogP contribution in [0.4, 0.5) is 0 Å². The largest absolute Gasteiger partial charge is 0.497 e. The van der Waals surface area contributed by atoms with E-state index in [0.29, 0.717) is 13.1 Å². The maximum atomic E-state index is 12.8. The lowest BCUT2D eigenvalue weighted by molar-refractivity contribution is -0.885. The van der Waals surface area contributed by atoms with Gasteiger partial charge < -0.3 is 19.3 Å². The Kier molecular flexibility index (Phi) is 6.95. The fourth-order valence-electron chi connectivity index (χ4n) is 3.69. The molecule has 0 heterocycles. The second-order valence-corrected chi connectivity index (χ2v) is 7.92. The van der Waals surface area contributed by atoms with E-state index in [1.165, 1.54) is 5.56 Å². The van der Waals surface area contributed by atoms with Crippen LogP contribution in [0.3, 0.4) is 0 Å². The Balaban J connectivity index is 1.61. The first-order valence-electron chi connectivity index (χ1n) is 10.1. The lowest BCUT2D eigenvalue weighted by Gasteiger charge is -2.21. The van der Waals surface area contributed by atoms with Crippen LogP contribution < -0.4 is 14.4 Å². The number of nitrogens with one attached hydrogen (secondary N) is 1. The topological polar surface area (TPSA) is 43.2 Å². The molecule has 0 aliphatic carbocycles. The average Bonchev–Trinajstić information content (AvgIpc) is 2.73. The minimum atomic E-state index is 0.119. The predicted molar refractivity (Wildman–Crippen MR) is 120 cm³/mol. The second-order valence-electron chi connectivity index (χ2n) is 7.92. The van der Waals surface area contributed by atoms with Crippen LogP contribution in [-0.2, 0) is 17.9 Å². The molecule has 0 aliphatic rings. The second kappa shape index (κ2) is 9.63. The molecule has 0 saturated heterocycles. The summed E-state index contributed by atoms with van der Waals surface area (Å²) in [4.78, 5) is 15.7. The summed E-state index contributed by atoms with van der Waals surface area (Å²) in [5, 5.41) is 2.27. The van der Waals surface area contributed by atoms with Crippen molar-refractivity contribution >= 4 is 16.7 Å². The molecule has 1 N–H and O–H groups in total. The fourth-order valence-corrected chi connectivity index (χ4v) is 3.69. The number of ether oxygens (including phenoxy) is 2. The Labute approximate surface area is 178 Å². The van der Waals surface area contributed by atoms with Crippen molar-refractivity contribution in [2.24, 2.45) is 0 Å². The van der Waals surface area contributed by atoms with Crippen LogP contribution in [0.1, 0.15) is 16.7 Å². The molecule has 30 heavy (non-hydrogen) atoms. The zero-order chi connectivity index (χ0) is 21.7. The van der Waals surface area contributed by atoms with Crippen LogP contribution in [0.5, 0.6) is 11.5 Å². The van der Waals surface area contributed by atoms with Crippen LogP contribution in [0, 0.1) is 6.92 Å². The molecule has 5 nitrogen and oxygen atoms in total. The van der Waals surface area contributed by atoms with Gasteiger partial charge in [-0.2, -0.15) is 0 Å². The van der Waals surface area contributed by atoms with Crippen LogP contribution in [0.2, 0.25) is 0 Å². The van der Waals surface area contributed by atoms with Gasteiger partial charge in [0.2, 0.25) is 0 Å². The molecule has 3 rings (SSSR count). The summed E-state index contributed by atoms with van der Waals surface area (Å²) >= 11 is 0. The van der Waals surface area contributed by atoms with Crippen molar-refractivity contribution in [2.75, 3.05) is 34.9 Å². The van der Waals surface area contributed by atoms with Gasteiger partial charge in [-0.3, -0.25) is 4.79 Å². The Morgan fingerprint density at radius 1 is 0.967 bits per heavy atom. The first-order chi connectivity index (χ1) is 14.4. The first-order valence-corrected chi connectivity index (χ1v) is 10.1. The molecule has 3 aromatic rings. The van der Waals surface area contributed by atoms with E-state index in [9.17, 15) is 4.79 Å². The van der Waals surface area contributed by atoms with Gasteiger partial charge in [-0.05, 0) is 53.6 Å². The lowest BCUT2D eigenvalue weighted by atomic mass is 10.1. The van der Waals surface area contributed by atoms with E-state index >= 15 is 0 Å². The van der Waals surface area contributed by atoms with E-state index in [4.69, 9.17) is 9.47 Å². The summed E-state index contributed by atoms with van der Waals surface area (Å²) < 4.78 is 10.8. The third kappa shape index (κ3) is 5.30. The standard InChI is InChI=1S/C25H30N2O3/c1-18-6-11-24(30-5)22(12-18)16-26(2)17-25(28)27(3)15-19-7-8-21-14-23(29-4)10-9-20(21)13-19/h6-14H,15-17H2,1-5H3/p+1. The van der Waals surface area contributed by atoms with Crippen molar-refractivity contribution < 1.29 is 19.2 Å². The van der Waals surface area contributed by atoms with Gasteiger partial charge in [-0.1, -0.05) is 29.8 Å². The van der Waals surface area contributed by atoms with Crippen LogP contribution >= 0.6 is 0 Å². The highest BCUT2D eigenvalue weighted by Crippen LogP contribution is 2.22. The van der Waals surface area contributed by atoms with Crippen molar-refractivity contribution in [3.05, 3.63) is 71.3 Å². The van der Waals surface area contributed by atoms with Gasteiger partial charge in [0.15, 0.2) is 6.54 Å². The van der Waals surface area contributed by atoms with Gasteiger partial charge in [-0.25, -0.2) is 0 Å². The molecular formula is C25H31N2O3+. The van der Waals surface area contributed by atoms with Gasteiger partial charge in [0.1, 0.15) is 18.0 Å². The molecule has 1 unspecified atom stereocenters. The number of likely N-dealkylation sites (N-methyl/N-ethyl adjacent to an activating group) is 2. The van der Waals surface area contributed by atoms with Crippen LogP contribution in [0.25, 0.3) is 10.8 Å². The molecule has 3 aromatic carbocycles. The quantitative estimate of drug-likeness (QED) is 0.625. The third-order valence-electron chi connectivity index (χ3n) is 5.34. The zero-order valence-corrected chi connectivity index (χ0v) is 18.5. The molecule has 0 radical (unpaired) electrons. The van der Waals surface area contributed by atoms with Crippen molar-refractivity contribution in [1.82, 2.24) is 4.90 Å². The summed E-state index contributed by atoms with van der Waals surface area (Å²) in [6.45, 7) is 3.82. The molecular weight excluding hydrogens is 376 g/mol. The zero-order valence-electron chi connectivity index (χ0n) is 18.5. The Bertz CT molecular complexity index is 1030. The van der Waals surface area contributed by atoms with E-state index in [1.807, 2.05) is 44.4 Å². The van der Waals surface area contributed by atoms with Gasteiger partial charge in [0, 0.05) is 19.2 Å². The number of carbonyl (C=O) groups excluding carboxylic acids is 1. The maximum absolute atomic E-state index is 12.8. The highest BCUT2D eigenvalue weighted by Gasteiger charge is 2.17. The monoisotopic (exact) mass is 407 g/mol. The first kappa shape index (κ1) is 21.7. The molecule has 0 fully saturated rings. The fraction of sp³-hybridized carbons (Fsp3) is 0.320. The number of amides is 1. The molecule has 0 spiro atoms. The van der Waals surface area contributed by atoms with Crippen LogP contribution in [0.15, 0.2) is 54.6 Å². The van der Waals surface area contributed by atoms with Crippen molar-refractivity contribution in [3.63, 3.8) is 0 Å². The minimum Gasteiger partial charge on any atom is -0.497 e. The summed E-state index contributed by atoms with van der Waals surface area (Å²) in [7, 11) is 7.25. The normalized spacial score (nSPS) is 11.9.